The summed E-state index contributed by atoms with van der Waals surface area (Å²) < 4.78 is 0. The summed E-state index contributed by atoms with van der Waals surface area (Å²) in [7, 11) is 1.30. The number of carbonyl (C=O) groups is 4. The number of hydrogen-bond donors (Lipinski definition) is 3. The van der Waals surface area contributed by atoms with Crippen LogP contribution in [0.25, 0.3) is 0 Å². The van der Waals surface area contributed by atoms with Gasteiger partial charge in [0.15, 0.2) is 0 Å². The lowest BCUT2D eigenvalue weighted by atomic mass is 10.4. The normalized spacial score (nSPS) is 9.70. The van der Waals surface area contributed by atoms with Crippen LogP contribution in [-0.2, 0) is 14.4 Å². The van der Waals surface area contributed by atoms with Crippen LogP contribution in [0.5, 0.6) is 0 Å². The molecule has 0 saturated carbocycles. The Morgan fingerprint density at radius 3 is 1.90 bits per heavy atom. The molecule has 0 spiro atoms. The summed E-state index contributed by atoms with van der Waals surface area (Å²) in [6.07, 6.45) is 0.744. The fourth-order valence-corrected chi connectivity index (χ4v) is 1.36. The van der Waals surface area contributed by atoms with Crippen molar-refractivity contribution in [3.63, 3.8) is 0 Å². The maximum absolute atomic E-state index is 11.9. The number of amides is 3. The Labute approximate surface area is 116 Å². The van der Waals surface area contributed by atoms with Crippen LogP contribution in [0.1, 0.15) is 13.3 Å². The van der Waals surface area contributed by atoms with E-state index in [1.807, 2.05) is 6.92 Å². The van der Waals surface area contributed by atoms with E-state index in [4.69, 9.17) is 10.2 Å². The Hall–Kier alpha value is -2.32. The summed E-state index contributed by atoms with van der Waals surface area (Å²) in [6.45, 7) is 0.581. The van der Waals surface area contributed by atoms with E-state index in [1.54, 1.807) is 0 Å². The number of nitrogens with one attached hydrogen (secondary N) is 1. The van der Waals surface area contributed by atoms with E-state index in [9.17, 15) is 19.2 Å². The molecule has 0 atom stereocenters. The van der Waals surface area contributed by atoms with Crippen molar-refractivity contribution in [2.45, 2.75) is 13.3 Å². The van der Waals surface area contributed by atoms with Gasteiger partial charge < -0.3 is 25.3 Å². The number of aliphatic carboxylic acids is 2. The van der Waals surface area contributed by atoms with E-state index in [-0.39, 0.29) is 6.54 Å². The number of nitrogens with zero attached hydrogens (tertiary/aromatic N) is 2. The number of hydrogen-bond acceptors (Lipinski definition) is 4. The maximum Gasteiger partial charge on any atom is 0.323 e. The molecule has 0 saturated heterocycles. The quantitative estimate of drug-likeness (QED) is 0.528. The molecule has 9 nitrogen and oxygen atoms in total. The van der Waals surface area contributed by atoms with Crippen LogP contribution in [0, 0.1) is 0 Å². The third kappa shape index (κ3) is 7.19. The number of likely N-dealkylation sites (N-methyl/N-ethyl adjacent to an activating group) is 1. The first-order valence-corrected chi connectivity index (χ1v) is 5.98. The van der Waals surface area contributed by atoms with Crippen molar-refractivity contribution in [1.29, 1.82) is 0 Å². The number of urea groups is 1. The molecule has 114 valence electrons. The van der Waals surface area contributed by atoms with Crippen molar-refractivity contribution in [3.05, 3.63) is 0 Å². The Morgan fingerprint density at radius 1 is 1.00 bits per heavy atom. The van der Waals surface area contributed by atoms with Crippen molar-refractivity contribution in [1.82, 2.24) is 15.1 Å². The predicted octanol–water partition coefficient (Wildman–Crippen LogP) is -0.964. The van der Waals surface area contributed by atoms with Gasteiger partial charge in [-0.25, -0.2) is 4.79 Å². The number of carbonyl (C=O) groups excluding carboxylic acids is 2. The molecule has 0 aliphatic carbocycles. The van der Waals surface area contributed by atoms with E-state index in [0.29, 0.717) is 11.4 Å². The lowest BCUT2D eigenvalue weighted by Crippen LogP contribution is -2.48. The Balaban J connectivity index is 4.57. The fraction of sp³-hybridized carbons (Fsp3) is 0.636. The van der Waals surface area contributed by atoms with Gasteiger partial charge in [0.1, 0.15) is 19.6 Å². The zero-order chi connectivity index (χ0) is 15.7. The first-order valence-electron chi connectivity index (χ1n) is 5.98. The van der Waals surface area contributed by atoms with Crippen LogP contribution < -0.4 is 5.32 Å². The highest BCUT2D eigenvalue weighted by Crippen LogP contribution is 1.97. The smallest absolute Gasteiger partial charge is 0.323 e. The van der Waals surface area contributed by atoms with E-state index < -0.39 is 37.0 Å². The van der Waals surface area contributed by atoms with Gasteiger partial charge in [0.05, 0.1) is 0 Å². The second kappa shape index (κ2) is 8.73. The highest BCUT2D eigenvalue weighted by Gasteiger charge is 2.23. The summed E-state index contributed by atoms with van der Waals surface area (Å²) in [5, 5.41) is 19.8. The van der Waals surface area contributed by atoms with Crippen LogP contribution in [0.3, 0.4) is 0 Å². The third-order valence-corrected chi connectivity index (χ3v) is 2.20. The largest absolute Gasteiger partial charge is 0.480 e. The zero-order valence-electron chi connectivity index (χ0n) is 11.5. The van der Waals surface area contributed by atoms with Gasteiger partial charge in [0.2, 0.25) is 5.91 Å². The summed E-state index contributed by atoms with van der Waals surface area (Å²) in [5.41, 5.74) is 0. The number of carboxylic acid groups (broad SMARTS) is 2. The van der Waals surface area contributed by atoms with Crippen molar-refractivity contribution >= 4 is 23.9 Å². The summed E-state index contributed by atoms with van der Waals surface area (Å²) in [4.78, 5) is 46.1. The van der Waals surface area contributed by atoms with Gasteiger partial charge in [-0.3, -0.25) is 14.4 Å². The van der Waals surface area contributed by atoms with Crippen molar-refractivity contribution < 1.29 is 29.4 Å². The van der Waals surface area contributed by atoms with Gasteiger partial charge in [-0.1, -0.05) is 6.92 Å². The van der Waals surface area contributed by atoms with E-state index in [2.05, 4.69) is 5.32 Å². The average molecular weight is 289 g/mol. The van der Waals surface area contributed by atoms with Crippen LogP contribution >= 0.6 is 0 Å². The molecule has 0 aliphatic heterocycles. The van der Waals surface area contributed by atoms with Gasteiger partial charge in [-0.2, -0.15) is 0 Å². The molecule has 0 radical (unpaired) electrons. The summed E-state index contributed by atoms with van der Waals surface area (Å²) >= 11 is 0. The highest BCUT2D eigenvalue weighted by molar-refractivity contribution is 5.87. The van der Waals surface area contributed by atoms with Crippen LogP contribution in [0.15, 0.2) is 0 Å². The van der Waals surface area contributed by atoms with Crippen LogP contribution in [0.4, 0.5) is 4.79 Å². The zero-order valence-corrected chi connectivity index (χ0v) is 11.5. The molecular formula is C11H19N3O6. The first-order chi connectivity index (χ1) is 9.27. The standard InChI is InChI=1S/C11H19N3O6/c1-3-4-12-8(15)5-13(2)11(20)14(6-9(16)17)7-10(18)19/h3-7H2,1-2H3,(H,12,15)(H,16,17)(H,18,19). The second-order valence-corrected chi connectivity index (χ2v) is 4.13. The summed E-state index contributed by atoms with van der Waals surface area (Å²) in [6, 6.07) is -0.832. The Bertz CT molecular complexity index is 368. The third-order valence-electron chi connectivity index (χ3n) is 2.20. The van der Waals surface area contributed by atoms with Gasteiger partial charge in [-0.05, 0) is 6.42 Å². The van der Waals surface area contributed by atoms with Gasteiger partial charge in [0.25, 0.3) is 0 Å². The second-order valence-electron chi connectivity index (χ2n) is 4.13. The summed E-state index contributed by atoms with van der Waals surface area (Å²) in [5.74, 6) is -3.06. The molecule has 0 aromatic carbocycles. The number of rotatable bonds is 8. The lowest BCUT2D eigenvalue weighted by Gasteiger charge is -2.25. The molecule has 0 unspecified atom stereocenters. The van der Waals surface area contributed by atoms with E-state index in [0.717, 1.165) is 11.3 Å². The topological polar surface area (TPSA) is 127 Å². The van der Waals surface area contributed by atoms with Crippen LogP contribution in [0.2, 0.25) is 0 Å². The molecule has 0 aliphatic rings. The first kappa shape index (κ1) is 17.7. The number of carboxylic acids is 2. The molecule has 9 heteroatoms. The molecule has 3 N–H and O–H groups in total. The minimum atomic E-state index is -1.33. The maximum atomic E-state index is 11.9. The molecule has 3 amide bonds. The van der Waals surface area contributed by atoms with Crippen molar-refractivity contribution in [2.75, 3.05) is 33.2 Å². The Morgan fingerprint density at radius 2 is 1.50 bits per heavy atom. The molecule has 20 heavy (non-hydrogen) atoms. The molecule has 0 heterocycles. The van der Waals surface area contributed by atoms with Crippen molar-refractivity contribution in [2.24, 2.45) is 0 Å². The molecule has 0 aromatic rings. The van der Waals surface area contributed by atoms with Gasteiger partial charge >= 0.3 is 18.0 Å². The average Bonchev–Trinajstić information content (AvgIpc) is 2.33. The lowest BCUT2D eigenvalue weighted by molar-refractivity contribution is -0.140. The Kier molecular flexibility index (Phi) is 7.71. The van der Waals surface area contributed by atoms with Gasteiger partial charge in [-0.15, -0.1) is 0 Å². The molecule has 0 aromatic heterocycles. The molecule has 0 bridgehead atoms. The van der Waals surface area contributed by atoms with Crippen LogP contribution in [-0.4, -0.2) is 77.1 Å². The fourth-order valence-electron chi connectivity index (χ4n) is 1.36. The van der Waals surface area contributed by atoms with Crippen molar-refractivity contribution in [3.8, 4) is 0 Å². The molecular weight excluding hydrogens is 270 g/mol. The molecule has 0 rings (SSSR count). The minimum Gasteiger partial charge on any atom is -0.480 e. The SMILES string of the molecule is CCCNC(=O)CN(C)C(=O)N(CC(=O)O)CC(=O)O. The minimum absolute atomic E-state index is 0.269. The predicted molar refractivity (Wildman–Crippen MR) is 68.2 cm³/mol. The van der Waals surface area contributed by atoms with E-state index >= 15 is 0 Å². The molecule has 0 fully saturated rings. The monoisotopic (exact) mass is 289 g/mol. The highest BCUT2D eigenvalue weighted by atomic mass is 16.4. The van der Waals surface area contributed by atoms with Gasteiger partial charge in [0, 0.05) is 13.6 Å². The van der Waals surface area contributed by atoms with E-state index in [1.165, 1.54) is 7.05 Å².